The molecule has 0 saturated heterocycles. The molecule has 2 atom stereocenters. The summed E-state index contributed by atoms with van der Waals surface area (Å²) >= 11 is 0.951. The van der Waals surface area contributed by atoms with Gasteiger partial charge in [0, 0.05) is 19.2 Å². The van der Waals surface area contributed by atoms with E-state index in [0.29, 0.717) is 18.0 Å². The van der Waals surface area contributed by atoms with E-state index < -0.39 is 18.7 Å². The van der Waals surface area contributed by atoms with Crippen molar-refractivity contribution >= 4 is 30.0 Å². The first-order valence-corrected chi connectivity index (χ1v) is 9.78. The highest BCUT2D eigenvalue weighted by atomic mass is 32.7. The average molecular weight is 346 g/mol. The summed E-state index contributed by atoms with van der Waals surface area (Å²) in [6, 6.07) is 7.48. The summed E-state index contributed by atoms with van der Waals surface area (Å²) in [5.74, 6) is -0.614. The van der Waals surface area contributed by atoms with Crippen LogP contribution in [0.1, 0.15) is 13.8 Å². The van der Waals surface area contributed by atoms with Gasteiger partial charge in [0.25, 0.3) is 0 Å². The molecular formula is C13H19N2O5PS. The minimum Gasteiger partial charge on any atom is -0.480 e. The Kier molecular flexibility index (Phi) is 7.44. The number of carbonyl (C=O) groups is 2. The SMILES string of the molecule is CC(=O)NCCSP(=O)(NC(C)C(=O)O)Oc1ccccc1. The van der Waals surface area contributed by atoms with Gasteiger partial charge in [0.1, 0.15) is 11.8 Å². The number of aliphatic carboxylic acids is 1. The molecular weight excluding hydrogens is 327 g/mol. The fourth-order valence-electron chi connectivity index (χ4n) is 1.40. The normalized spacial score (nSPS) is 14.6. The molecule has 0 fully saturated rings. The van der Waals surface area contributed by atoms with Gasteiger partial charge in [-0.05, 0) is 30.4 Å². The van der Waals surface area contributed by atoms with Crippen molar-refractivity contribution in [1.29, 1.82) is 0 Å². The van der Waals surface area contributed by atoms with Crippen LogP contribution in [0.3, 0.4) is 0 Å². The minimum atomic E-state index is -3.48. The number of carboxylic acids is 1. The first-order valence-electron chi connectivity index (χ1n) is 6.56. The van der Waals surface area contributed by atoms with Crippen molar-refractivity contribution in [2.75, 3.05) is 12.3 Å². The predicted octanol–water partition coefficient (Wildman–Crippen LogP) is 2.11. The highest BCUT2D eigenvalue weighted by molar-refractivity contribution is 8.56. The van der Waals surface area contributed by atoms with Crippen LogP contribution in [0.5, 0.6) is 5.75 Å². The monoisotopic (exact) mass is 346 g/mol. The van der Waals surface area contributed by atoms with Gasteiger partial charge in [-0.2, -0.15) is 0 Å². The van der Waals surface area contributed by atoms with E-state index in [9.17, 15) is 14.2 Å². The van der Waals surface area contributed by atoms with Gasteiger partial charge in [0.15, 0.2) is 0 Å². The van der Waals surface area contributed by atoms with Crippen LogP contribution >= 0.6 is 18.1 Å². The van der Waals surface area contributed by atoms with Gasteiger partial charge in [0.05, 0.1) is 0 Å². The van der Waals surface area contributed by atoms with Crippen LogP contribution < -0.4 is 14.9 Å². The Balaban J connectivity index is 2.73. The zero-order valence-corrected chi connectivity index (χ0v) is 14.0. The number of para-hydroxylation sites is 1. The highest BCUT2D eigenvalue weighted by Crippen LogP contribution is 2.55. The first-order chi connectivity index (χ1) is 10.3. The number of nitrogens with one attached hydrogen (secondary N) is 2. The fraction of sp³-hybridized carbons (Fsp3) is 0.385. The maximum Gasteiger partial charge on any atom is 0.375 e. The summed E-state index contributed by atoms with van der Waals surface area (Å²) < 4.78 is 18.3. The number of benzene rings is 1. The molecule has 0 radical (unpaired) electrons. The Morgan fingerprint density at radius 2 is 2.00 bits per heavy atom. The lowest BCUT2D eigenvalue weighted by atomic mass is 10.3. The summed E-state index contributed by atoms with van der Waals surface area (Å²) in [5, 5.41) is 14.0. The molecule has 122 valence electrons. The minimum absolute atomic E-state index is 0.189. The highest BCUT2D eigenvalue weighted by Gasteiger charge is 2.30. The maximum atomic E-state index is 12.8. The maximum absolute atomic E-state index is 12.8. The van der Waals surface area contributed by atoms with Gasteiger partial charge < -0.3 is 14.9 Å². The van der Waals surface area contributed by atoms with Crippen molar-refractivity contribution in [3.05, 3.63) is 30.3 Å². The molecule has 0 saturated carbocycles. The third kappa shape index (κ3) is 6.98. The quantitative estimate of drug-likeness (QED) is 0.464. The van der Waals surface area contributed by atoms with Gasteiger partial charge in [-0.15, -0.1) is 0 Å². The van der Waals surface area contributed by atoms with Crippen LogP contribution in [0.25, 0.3) is 0 Å². The molecule has 0 aromatic heterocycles. The van der Waals surface area contributed by atoms with Gasteiger partial charge in [-0.3, -0.25) is 9.59 Å². The lowest BCUT2D eigenvalue weighted by Crippen LogP contribution is -2.32. The second kappa shape index (κ2) is 8.82. The van der Waals surface area contributed by atoms with E-state index >= 15 is 0 Å². The van der Waals surface area contributed by atoms with Crippen molar-refractivity contribution in [3.8, 4) is 5.75 Å². The van der Waals surface area contributed by atoms with Crippen LogP contribution in [0.4, 0.5) is 0 Å². The summed E-state index contributed by atoms with van der Waals surface area (Å²) in [5.41, 5.74) is 0. The Bertz CT molecular complexity index is 555. The summed E-state index contributed by atoms with van der Waals surface area (Å²) in [6.07, 6.45) is 0. The molecule has 1 aromatic carbocycles. The predicted molar refractivity (Wildman–Crippen MR) is 86.1 cm³/mol. The summed E-state index contributed by atoms with van der Waals surface area (Å²) in [7, 11) is 0. The number of amides is 1. The molecule has 0 aliphatic heterocycles. The molecule has 3 N–H and O–H groups in total. The largest absolute Gasteiger partial charge is 0.480 e. The lowest BCUT2D eigenvalue weighted by Gasteiger charge is -2.21. The van der Waals surface area contributed by atoms with E-state index in [0.717, 1.165) is 11.4 Å². The average Bonchev–Trinajstić information content (AvgIpc) is 2.44. The van der Waals surface area contributed by atoms with Gasteiger partial charge in [-0.1, -0.05) is 18.2 Å². The van der Waals surface area contributed by atoms with Crippen LogP contribution in [0, 0.1) is 0 Å². The van der Waals surface area contributed by atoms with Gasteiger partial charge >= 0.3 is 12.7 Å². The van der Waals surface area contributed by atoms with E-state index in [4.69, 9.17) is 9.63 Å². The molecule has 2 unspecified atom stereocenters. The zero-order valence-electron chi connectivity index (χ0n) is 12.3. The second-order valence-corrected chi connectivity index (χ2v) is 8.73. The number of carboxylic acid groups (broad SMARTS) is 1. The van der Waals surface area contributed by atoms with Crippen molar-refractivity contribution in [1.82, 2.24) is 10.4 Å². The fourth-order valence-corrected chi connectivity index (χ4v) is 5.10. The van der Waals surface area contributed by atoms with Crippen LogP contribution in [0.15, 0.2) is 30.3 Å². The molecule has 0 bridgehead atoms. The molecule has 1 aromatic rings. The van der Waals surface area contributed by atoms with Crippen molar-refractivity contribution < 1.29 is 23.8 Å². The molecule has 0 aliphatic carbocycles. The van der Waals surface area contributed by atoms with E-state index in [1.54, 1.807) is 30.3 Å². The molecule has 9 heteroatoms. The number of hydrogen-bond donors (Lipinski definition) is 3. The molecule has 0 heterocycles. The zero-order chi connectivity index (χ0) is 16.6. The Labute approximate surface area is 133 Å². The Hall–Kier alpha value is -1.50. The van der Waals surface area contributed by atoms with E-state index in [1.807, 2.05) is 0 Å². The Morgan fingerprint density at radius 3 is 2.55 bits per heavy atom. The topological polar surface area (TPSA) is 105 Å². The van der Waals surface area contributed by atoms with E-state index in [1.165, 1.54) is 13.8 Å². The van der Waals surface area contributed by atoms with Crippen molar-refractivity contribution in [2.24, 2.45) is 0 Å². The number of hydrogen-bond acceptors (Lipinski definition) is 5. The van der Waals surface area contributed by atoms with Crippen LogP contribution in [-0.2, 0) is 14.2 Å². The summed E-state index contributed by atoms with van der Waals surface area (Å²) in [4.78, 5) is 21.8. The van der Waals surface area contributed by atoms with Gasteiger partial charge in [0.2, 0.25) is 5.91 Å². The lowest BCUT2D eigenvalue weighted by molar-refractivity contribution is -0.138. The second-order valence-electron chi connectivity index (χ2n) is 4.41. The van der Waals surface area contributed by atoms with Crippen LogP contribution in [0.2, 0.25) is 0 Å². The first kappa shape index (κ1) is 18.5. The molecule has 0 spiro atoms. The number of carbonyl (C=O) groups excluding carboxylic acids is 1. The van der Waals surface area contributed by atoms with Crippen LogP contribution in [-0.4, -0.2) is 35.3 Å². The standard InChI is InChI=1S/C13H19N2O5PS/c1-10(13(17)18)15-21(19,22-9-8-14-11(2)16)20-12-6-4-3-5-7-12/h3-7,10H,8-9H2,1-2H3,(H,14,16)(H,15,19)(H,17,18). The smallest absolute Gasteiger partial charge is 0.375 e. The van der Waals surface area contributed by atoms with E-state index in [2.05, 4.69) is 10.4 Å². The molecule has 1 amide bonds. The molecule has 1 rings (SSSR count). The molecule has 22 heavy (non-hydrogen) atoms. The summed E-state index contributed by atoms with van der Waals surface area (Å²) in [6.45, 7) is -0.395. The third-order valence-electron chi connectivity index (χ3n) is 2.43. The Morgan fingerprint density at radius 1 is 1.36 bits per heavy atom. The van der Waals surface area contributed by atoms with Gasteiger partial charge in [-0.25, -0.2) is 9.65 Å². The van der Waals surface area contributed by atoms with Crippen molar-refractivity contribution in [3.63, 3.8) is 0 Å². The molecule has 0 aliphatic rings. The number of rotatable bonds is 9. The van der Waals surface area contributed by atoms with E-state index in [-0.39, 0.29) is 5.91 Å². The van der Waals surface area contributed by atoms with Crippen molar-refractivity contribution in [2.45, 2.75) is 19.9 Å². The third-order valence-corrected chi connectivity index (χ3v) is 6.42. The molecule has 7 nitrogen and oxygen atoms in total.